The molecule has 1 N–H and O–H groups in total. The first-order chi connectivity index (χ1) is 7.92. The number of benzene rings is 1. The summed E-state index contributed by atoms with van der Waals surface area (Å²) in [6, 6.07) is 9.69. The fourth-order valence-corrected chi connectivity index (χ4v) is 3.54. The minimum Gasteiger partial charge on any atom is -0.314 e. The third kappa shape index (κ3) is 2.61. The van der Waals surface area contributed by atoms with Crippen molar-refractivity contribution in [3.63, 3.8) is 0 Å². The van der Waals surface area contributed by atoms with E-state index in [4.69, 9.17) is 0 Å². The van der Waals surface area contributed by atoms with Crippen molar-refractivity contribution in [2.75, 3.05) is 6.54 Å². The van der Waals surface area contributed by atoms with Crippen molar-refractivity contribution in [3.05, 3.63) is 29.8 Å². The van der Waals surface area contributed by atoms with Crippen molar-refractivity contribution >= 4 is 11.8 Å². The molecular formula is C14H19NS. The number of nitrogens with one attached hydrogen (secondary N) is 1. The molecule has 2 fully saturated rings. The van der Waals surface area contributed by atoms with Gasteiger partial charge in [0.15, 0.2) is 0 Å². The van der Waals surface area contributed by atoms with Gasteiger partial charge < -0.3 is 5.32 Å². The number of hydrogen-bond acceptors (Lipinski definition) is 2. The molecule has 86 valence electrons. The lowest BCUT2D eigenvalue weighted by atomic mass is 10.0. The predicted octanol–water partition coefficient (Wildman–Crippen LogP) is 3.24. The van der Waals surface area contributed by atoms with Crippen LogP contribution in [0.25, 0.3) is 0 Å². The van der Waals surface area contributed by atoms with Gasteiger partial charge in [0.1, 0.15) is 0 Å². The fraction of sp³-hybridized carbons (Fsp3) is 0.571. The van der Waals surface area contributed by atoms with E-state index in [9.17, 15) is 0 Å². The maximum absolute atomic E-state index is 3.59. The number of rotatable bonds is 4. The van der Waals surface area contributed by atoms with Gasteiger partial charge in [-0.2, -0.15) is 0 Å². The molecule has 1 heterocycles. The number of hydrogen-bond donors (Lipinski definition) is 1. The Hall–Kier alpha value is -0.470. The summed E-state index contributed by atoms with van der Waals surface area (Å²) in [5, 5.41) is 4.51. The molecule has 0 aromatic heterocycles. The summed E-state index contributed by atoms with van der Waals surface area (Å²) >= 11 is 2.09. The molecule has 1 atom stereocenters. The summed E-state index contributed by atoms with van der Waals surface area (Å²) in [5.41, 5.74) is 1.55. The average Bonchev–Trinajstić information content (AvgIpc) is 2.96. The van der Waals surface area contributed by atoms with Gasteiger partial charge in [0.2, 0.25) is 0 Å². The van der Waals surface area contributed by atoms with E-state index in [1.165, 1.54) is 43.5 Å². The van der Waals surface area contributed by atoms with E-state index < -0.39 is 0 Å². The molecular weight excluding hydrogens is 214 g/mol. The van der Waals surface area contributed by atoms with Crippen LogP contribution in [0, 0.1) is 0 Å². The molecule has 0 radical (unpaired) electrons. The zero-order valence-corrected chi connectivity index (χ0v) is 10.4. The maximum Gasteiger partial charge on any atom is 0.0108 e. The van der Waals surface area contributed by atoms with E-state index in [2.05, 4.69) is 41.3 Å². The van der Waals surface area contributed by atoms with Gasteiger partial charge >= 0.3 is 0 Å². The molecule has 16 heavy (non-hydrogen) atoms. The van der Waals surface area contributed by atoms with Crippen LogP contribution in [-0.2, 0) is 6.42 Å². The summed E-state index contributed by atoms with van der Waals surface area (Å²) in [4.78, 5) is 1.53. The van der Waals surface area contributed by atoms with Crippen molar-refractivity contribution < 1.29 is 0 Å². The van der Waals surface area contributed by atoms with E-state index in [1.54, 1.807) is 5.56 Å². The normalized spacial score (nSPS) is 24.9. The first-order valence-corrected chi connectivity index (χ1v) is 7.28. The van der Waals surface area contributed by atoms with Gasteiger partial charge in [-0.3, -0.25) is 0 Å². The molecule has 1 aliphatic heterocycles. The lowest BCUT2D eigenvalue weighted by Gasteiger charge is -2.13. The first-order valence-electron chi connectivity index (χ1n) is 6.40. The van der Waals surface area contributed by atoms with Crippen molar-refractivity contribution in [1.82, 2.24) is 5.32 Å². The van der Waals surface area contributed by atoms with Crippen LogP contribution in [0.5, 0.6) is 0 Å². The van der Waals surface area contributed by atoms with Crippen molar-refractivity contribution in [2.24, 2.45) is 0 Å². The van der Waals surface area contributed by atoms with Crippen LogP contribution in [0.4, 0.5) is 0 Å². The SMILES string of the molecule is c1ccc(SC2CC2)c(CC2CCCN2)c1. The van der Waals surface area contributed by atoms with Crippen molar-refractivity contribution in [2.45, 2.75) is 48.3 Å². The van der Waals surface area contributed by atoms with E-state index >= 15 is 0 Å². The molecule has 1 aromatic rings. The highest BCUT2D eigenvalue weighted by Crippen LogP contribution is 2.40. The standard InChI is InChI=1S/C14H19NS/c1-2-6-14(16-13-7-8-13)11(4-1)10-12-5-3-9-15-12/h1-2,4,6,12-13,15H,3,5,7-10H2. The van der Waals surface area contributed by atoms with E-state index in [-0.39, 0.29) is 0 Å². The molecule has 1 saturated carbocycles. The van der Waals surface area contributed by atoms with Crippen LogP contribution in [-0.4, -0.2) is 17.8 Å². The quantitative estimate of drug-likeness (QED) is 0.857. The van der Waals surface area contributed by atoms with Crippen LogP contribution >= 0.6 is 11.8 Å². The molecule has 0 spiro atoms. The van der Waals surface area contributed by atoms with Crippen LogP contribution < -0.4 is 5.32 Å². The van der Waals surface area contributed by atoms with Crippen molar-refractivity contribution in [1.29, 1.82) is 0 Å². The third-order valence-corrected chi connectivity index (χ3v) is 4.88. The Labute approximate surface area is 102 Å². The highest BCUT2D eigenvalue weighted by molar-refractivity contribution is 8.00. The Morgan fingerprint density at radius 3 is 2.81 bits per heavy atom. The van der Waals surface area contributed by atoms with Gasteiger partial charge in [0.05, 0.1) is 0 Å². The van der Waals surface area contributed by atoms with Gasteiger partial charge in [-0.15, -0.1) is 11.8 Å². The van der Waals surface area contributed by atoms with Crippen LogP contribution in [0.2, 0.25) is 0 Å². The second-order valence-corrected chi connectivity index (χ2v) is 6.26. The lowest BCUT2D eigenvalue weighted by molar-refractivity contribution is 0.598. The zero-order chi connectivity index (χ0) is 10.8. The molecule has 1 saturated heterocycles. The van der Waals surface area contributed by atoms with E-state index in [1.807, 2.05) is 0 Å². The predicted molar refractivity (Wildman–Crippen MR) is 70.0 cm³/mol. The monoisotopic (exact) mass is 233 g/mol. The minimum atomic E-state index is 0.723. The maximum atomic E-state index is 3.59. The molecule has 1 unspecified atom stereocenters. The van der Waals surface area contributed by atoms with Crippen LogP contribution in [0.15, 0.2) is 29.2 Å². The third-order valence-electron chi connectivity index (χ3n) is 3.42. The summed E-state index contributed by atoms with van der Waals surface area (Å²) in [6.07, 6.45) is 6.75. The van der Waals surface area contributed by atoms with Gasteiger partial charge in [0, 0.05) is 16.2 Å². The highest BCUT2D eigenvalue weighted by Gasteiger charge is 2.24. The van der Waals surface area contributed by atoms with Gasteiger partial charge in [-0.1, -0.05) is 18.2 Å². The lowest BCUT2D eigenvalue weighted by Crippen LogP contribution is -2.23. The van der Waals surface area contributed by atoms with Crippen molar-refractivity contribution in [3.8, 4) is 0 Å². The van der Waals surface area contributed by atoms with Crippen LogP contribution in [0.1, 0.15) is 31.2 Å². The Morgan fingerprint density at radius 1 is 1.19 bits per heavy atom. The average molecular weight is 233 g/mol. The topological polar surface area (TPSA) is 12.0 Å². The minimum absolute atomic E-state index is 0.723. The molecule has 1 aliphatic carbocycles. The summed E-state index contributed by atoms with van der Waals surface area (Å²) in [6.45, 7) is 1.21. The summed E-state index contributed by atoms with van der Waals surface area (Å²) < 4.78 is 0. The Bertz CT molecular complexity index is 354. The van der Waals surface area contributed by atoms with Crippen LogP contribution in [0.3, 0.4) is 0 Å². The summed E-state index contributed by atoms with van der Waals surface area (Å²) in [5.74, 6) is 0. The molecule has 2 aliphatic rings. The second-order valence-electron chi connectivity index (χ2n) is 4.92. The Kier molecular flexibility index (Phi) is 3.20. The summed E-state index contributed by atoms with van der Waals surface area (Å²) in [7, 11) is 0. The smallest absolute Gasteiger partial charge is 0.0108 e. The highest BCUT2D eigenvalue weighted by atomic mass is 32.2. The molecule has 2 heteroatoms. The van der Waals surface area contributed by atoms with Gasteiger partial charge in [0.25, 0.3) is 0 Å². The zero-order valence-electron chi connectivity index (χ0n) is 9.61. The van der Waals surface area contributed by atoms with E-state index in [0.717, 1.165) is 11.3 Å². The molecule has 0 bridgehead atoms. The Balaban J connectivity index is 1.70. The molecule has 0 amide bonds. The largest absolute Gasteiger partial charge is 0.314 e. The molecule has 3 rings (SSSR count). The van der Waals surface area contributed by atoms with E-state index in [0.29, 0.717) is 0 Å². The fourth-order valence-electron chi connectivity index (χ4n) is 2.35. The Morgan fingerprint density at radius 2 is 2.06 bits per heavy atom. The van der Waals surface area contributed by atoms with Gasteiger partial charge in [-0.25, -0.2) is 0 Å². The number of thioether (sulfide) groups is 1. The van der Waals surface area contributed by atoms with Gasteiger partial charge in [-0.05, 0) is 50.3 Å². The molecule has 1 nitrogen and oxygen atoms in total. The second kappa shape index (κ2) is 4.80. The first kappa shape index (κ1) is 10.7. The molecule has 1 aromatic carbocycles.